The van der Waals surface area contributed by atoms with Crippen LogP contribution in [0.3, 0.4) is 0 Å². The largest absolute Gasteiger partial charge is 0.508 e. The van der Waals surface area contributed by atoms with Crippen LogP contribution >= 0.6 is 0 Å². The van der Waals surface area contributed by atoms with Crippen molar-refractivity contribution >= 4 is 5.97 Å². The van der Waals surface area contributed by atoms with Gasteiger partial charge in [0.05, 0.1) is 0 Å². The van der Waals surface area contributed by atoms with E-state index in [2.05, 4.69) is 0 Å². The summed E-state index contributed by atoms with van der Waals surface area (Å²) in [5.74, 6) is -1.30. The number of aromatic hydroxyl groups is 1. The average Bonchev–Trinajstić information content (AvgIpc) is 2.17. The Morgan fingerprint density at radius 2 is 1.87 bits per heavy atom. The zero-order valence-electron chi connectivity index (χ0n) is 8.05. The molecule has 15 heavy (non-hydrogen) atoms. The molecule has 1 unspecified atom stereocenters. The summed E-state index contributed by atoms with van der Waals surface area (Å²) in [5.41, 5.74) is 3.75. The van der Waals surface area contributed by atoms with Crippen LogP contribution in [0.1, 0.15) is 12.0 Å². The number of carbonyl (C=O) groups is 1. The molecule has 0 aliphatic carbocycles. The highest BCUT2D eigenvalue weighted by Crippen LogP contribution is 2.13. The molecular weight excluding hydrogens is 198 g/mol. The van der Waals surface area contributed by atoms with Crippen LogP contribution in [0.15, 0.2) is 24.3 Å². The van der Waals surface area contributed by atoms with Crippen molar-refractivity contribution in [2.45, 2.75) is 18.6 Å². The van der Waals surface area contributed by atoms with E-state index in [1.54, 1.807) is 12.1 Å². The fourth-order valence-electron chi connectivity index (χ4n) is 1.10. The highest BCUT2D eigenvalue weighted by Gasteiger charge is 2.29. The van der Waals surface area contributed by atoms with Gasteiger partial charge < -0.3 is 15.3 Å². The molecular formula is C10H13NO4. The Kier molecular flexibility index (Phi) is 3.28. The summed E-state index contributed by atoms with van der Waals surface area (Å²) >= 11 is 0. The number of phenols is 1. The molecule has 0 aliphatic heterocycles. The molecule has 0 amide bonds. The topological polar surface area (TPSA) is 104 Å². The van der Waals surface area contributed by atoms with E-state index in [0.29, 0.717) is 6.42 Å². The van der Waals surface area contributed by atoms with Gasteiger partial charge in [0.15, 0.2) is 0 Å². The minimum absolute atomic E-state index is 0.0763. The highest BCUT2D eigenvalue weighted by atomic mass is 16.4. The predicted octanol–water partition coefficient (Wildman–Crippen LogP) is 0.0567. The molecule has 0 saturated heterocycles. The number of benzene rings is 1. The molecule has 5 nitrogen and oxygen atoms in total. The predicted molar refractivity (Wildman–Crippen MR) is 53.2 cm³/mol. The minimum atomic E-state index is -2.20. The van der Waals surface area contributed by atoms with E-state index in [4.69, 9.17) is 15.9 Å². The summed E-state index contributed by atoms with van der Waals surface area (Å²) in [6, 6.07) is 6.28. The maximum absolute atomic E-state index is 10.5. The number of aryl methyl sites for hydroxylation is 1. The van der Waals surface area contributed by atoms with E-state index in [-0.39, 0.29) is 12.2 Å². The van der Waals surface area contributed by atoms with Gasteiger partial charge in [-0.15, -0.1) is 0 Å². The van der Waals surface area contributed by atoms with Gasteiger partial charge in [-0.05, 0) is 24.1 Å². The quantitative estimate of drug-likeness (QED) is 0.527. The lowest BCUT2D eigenvalue weighted by Crippen LogP contribution is -2.48. The van der Waals surface area contributed by atoms with Crippen LogP contribution in [-0.4, -0.2) is 27.0 Å². The molecule has 0 radical (unpaired) electrons. The second kappa shape index (κ2) is 4.29. The fraction of sp³-hybridized carbons (Fsp3) is 0.300. The number of carboxylic acid groups (broad SMARTS) is 1. The lowest BCUT2D eigenvalue weighted by Gasteiger charge is -2.17. The van der Waals surface area contributed by atoms with Crippen LogP contribution in [0.2, 0.25) is 0 Å². The first kappa shape index (κ1) is 11.5. The number of hydrogen-bond acceptors (Lipinski definition) is 4. The van der Waals surface area contributed by atoms with Crippen molar-refractivity contribution in [1.29, 1.82) is 0 Å². The number of aliphatic hydroxyl groups is 1. The molecule has 1 rings (SSSR count). The second-order valence-electron chi connectivity index (χ2n) is 3.40. The van der Waals surface area contributed by atoms with Gasteiger partial charge in [0.2, 0.25) is 5.72 Å². The first-order valence-corrected chi connectivity index (χ1v) is 4.44. The van der Waals surface area contributed by atoms with Crippen molar-refractivity contribution < 1.29 is 20.1 Å². The van der Waals surface area contributed by atoms with Gasteiger partial charge in [-0.1, -0.05) is 12.1 Å². The molecule has 0 aromatic heterocycles. The van der Waals surface area contributed by atoms with Gasteiger partial charge in [-0.3, -0.25) is 5.73 Å². The van der Waals surface area contributed by atoms with Gasteiger partial charge >= 0.3 is 5.97 Å². The molecule has 0 aliphatic rings. The van der Waals surface area contributed by atoms with Crippen LogP contribution in [0, 0.1) is 0 Å². The van der Waals surface area contributed by atoms with Crippen molar-refractivity contribution in [3.05, 3.63) is 29.8 Å². The zero-order chi connectivity index (χ0) is 11.5. The Balaban J connectivity index is 2.57. The van der Waals surface area contributed by atoms with E-state index in [1.807, 2.05) is 0 Å². The molecule has 5 N–H and O–H groups in total. The Hall–Kier alpha value is -1.59. The van der Waals surface area contributed by atoms with E-state index in [9.17, 15) is 9.90 Å². The third-order valence-corrected chi connectivity index (χ3v) is 2.10. The van der Waals surface area contributed by atoms with Gasteiger partial charge in [0.1, 0.15) is 5.75 Å². The molecule has 82 valence electrons. The third kappa shape index (κ3) is 3.23. The summed E-state index contributed by atoms with van der Waals surface area (Å²) in [7, 11) is 0. The lowest BCUT2D eigenvalue weighted by molar-refractivity contribution is -0.158. The maximum atomic E-state index is 10.5. The summed E-state index contributed by atoms with van der Waals surface area (Å²) < 4.78 is 0. The SMILES string of the molecule is NC(O)(CCc1ccc(O)cc1)C(=O)O. The number of carboxylic acids is 1. The van der Waals surface area contributed by atoms with Crippen molar-refractivity contribution in [3.63, 3.8) is 0 Å². The number of rotatable bonds is 4. The Morgan fingerprint density at radius 3 is 2.33 bits per heavy atom. The molecule has 5 heteroatoms. The van der Waals surface area contributed by atoms with Gasteiger partial charge in [0, 0.05) is 6.42 Å². The minimum Gasteiger partial charge on any atom is -0.508 e. The van der Waals surface area contributed by atoms with Crippen molar-refractivity contribution in [2.24, 2.45) is 5.73 Å². The van der Waals surface area contributed by atoms with Gasteiger partial charge in [-0.25, -0.2) is 4.79 Å². The summed E-state index contributed by atoms with van der Waals surface area (Å²) in [5, 5.41) is 26.8. The second-order valence-corrected chi connectivity index (χ2v) is 3.40. The van der Waals surface area contributed by atoms with Crippen LogP contribution in [-0.2, 0) is 11.2 Å². The standard InChI is InChI=1S/C10H13NO4/c11-10(15,9(13)14)6-5-7-1-3-8(12)4-2-7/h1-4,12,15H,5-6,11H2,(H,13,14). The summed E-state index contributed by atoms with van der Waals surface area (Å²) in [6.45, 7) is 0. The van der Waals surface area contributed by atoms with Crippen molar-refractivity contribution in [2.75, 3.05) is 0 Å². The average molecular weight is 211 g/mol. The molecule has 0 fully saturated rings. The van der Waals surface area contributed by atoms with E-state index >= 15 is 0 Å². The normalized spacial score (nSPS) is 14.5. The Bertz CT molecular complexity index is 345. The molecule has 0 spiro atoms. The highest BCUT2D eigenvalue weighted by molar-refractivity contribution is 5.76. The number of nitrogens with two attached hydrogens (primary N) is 1. The molecule has 0 saturated carbocycles. The molecule has 0 heterocycles. The summed E-state index contributed by atoms with van der Waals surface area (Å²) in [6.07, 6.45) is 0.257. The van der Waals surface area contributed by atoms with Crippen LogP contribution < -0.4 is 5.73 Å². The van der Waals surface area contributed by atoms with E-state index in [1.165, 1.54) is 12.1 Å². The Morgan fingerprint density at radius 1 is 1.33 bits per heavy atom. The molecule has 1 aromatic rings. The van der Waals surface area contributed by atoms with E-state index < -0.39 is 11.7 Å². The fourth-order valence-corrected chi connectivity index (χ4v) is 1.10. The van der Waals surface area contributed by atoms with Gasteiger partial charge in [0.25, 0.3) is 0 Å². The lowest BCUT2D eigenvalue weighted by atomic mass is 10.0. The van der Waals surface area contributed by atoms with E-state index in [0.717, 1.165) is 5.56 Å². The maximum Gasteiger partial charge on any atom is 0.351 e. The third-order valence-electron chi connectivity index (χ3n) is 2.10. The number of phenolic OH excluding ortho intramolecular Hbond substituents is 1. The molecule has 1 aromatic carbocycles. The van der Waals surface area contributed by atoms with Crippen LogP contribution in [0.25, 0.3) is 0 Å². The first-order valence-electron chi connectivity index (χ1n) is 4.44. The van der Waals surface area contributed by atoms with Gasteiger partial charge in [-0.2, -0.15) is 0 Å². The Labute approximate surface area is 86.8 Å². The zero-order valence-corrected chi connectivity index (χ0v) is 8.05. The smallest absolute Gasteiger partial charge is 0.351 e. The first-order chi connectivity index (χ1) is 6.92. The molecule has 0 bridgehead atoms. The molecule has 1 atom stereocenters. The number of hydrogen-bond donors (Lipinski definition) is 4. The summed E-state index contributed by atoms with van der Waals surface area (Å²) in [4.78, 5) is 10.5. The van der Waals surface area contributed by atoms with Crippen molar-refractivity contribution in [3.8, 4) is 5.75 Å². The van der Waals surface area contributed by atoms with Crippen molar-refractivity contribution in [1.82, 2.24) is 0 Å². The van der Waals surface area contributed by atoms with Crippen LogP contribution in [0.5, 0.6) is 5.75 Å². The monoisotopic (exact) mass is 211 g/mol. The number of aliphatic carboxylic acids is 1. The van der Waals surface area contributed by atoms with Crippen LogP contribution in [0.4, 0.5) is 0 Å².